The quantitative estimate of drug-likeness (QED) is 0.226. The van der Waals surface area contributed by atoms with E-state index in [1.807, 2.05) is 29.0 Å². The summed E-state index contributed by atoms with van der Waals surface area (Å²) < 4.78 is 37.1. The van der Waals surface area contributed by atoms with Crippen LogP contribution in [0.15, 0.2) is 65.6 Å². The molecule has 4 amide bonds. The smallest absolute Gasteiger partial charge is 0.319 e. The Bertz CT molecular complexity index is 2120. The Morgan fingerprint density at radius 3 is 2.33 bits per heavy atom. The molecule has 4 heterocycles. The lowest BCUT2D eigenvalue weighted by atomic mass is 9.89. The Morgan fingerprint density at radius 1 is 0.926 bits per heavy atom. The molecule has 1 atom stereocenters. The number of benzene rings is 3. The van der Waals surface area contributed by atoms with Crippen LogP contribution in [0.2, 0.25) is 0 Å². The van der Waals surface area contributed by atoms with Crippen LogP contribution >= 0.6 is 0 Å². The SMILES string of the molecule is COc1cc(-c2cn(C)c(=O)c3ccc(F)cc23)cc(F)c1CN1CCC(N(C)C(=O)N2CCC(c3ccc(NC4CCC(=O)NC4=O)cc3)CC2)CC1. The number of pyridine rings is 1. The Kier molecular flexibility index (Phi) is 10.7. The van der Waals surface area contributed by atoms with Crippen molar-refractivity contribution < 1.29 is 27.9 Å². The summed E-state index contributed by atoms with van der Waals surface area (Å²) in [6.45, 7) is 3.05. The summed E-state index contributed by atoms with van der Waals surface area (Å²) in [6.07, 6.45) is 5.63. The number of aromatic nitrogens is 1. The summed E-state index contributed by atoms with van der Waals surface area (Å²) in [5.74, 6) is -0.746. The molecule has 3 aliphatic heterocycles. The summed E-state index contributed by atoms with van der Waals surface area (Å²) in [5.41, 5.74) is 3.22. The molecule has 13 heteroatoms. The number of carbonyl (C=O) groups excluding carboxylic acids is 3. The third-order valence-corrected chi connectivity index (χ3v) is 11.3. The van der Waals surface area contributed by atoms with Gasteiger partial charge in [-0.3, -0.25) is 24.6 Å². The van der Waals surface area contributed by atoms with Crippen LogP contribution in [0, 0.1) is 11.6 Å². The largest absolute Gasteiger partial charge is 0.496 e. The monoisotopic (exact) mass is 740 g/mol. The molecule has 3 saturated heterocycles. The van der Waals surface area contributed by atoms with Crippen molar-refractivity contribution in [3.05, 3.63) is 93.9 Å². The van der Waals surface area contributed by atoms with E-state index >= 15 is 4.39 Å². The van der Waals surface area contributed by atoms with E-state index in [2.05, 4.69) is 27.7 Å². The van der Waals surface area contributed by atoms with Gasteiger partial charge in [-0.05, 0) is 97.0 Å². The molecule has 3 fully saturated rings. The number of likely N-dealkylation sites (tertiary alicyclic amines) is 2. The minimum atomic E-state index is -0.483. The number of aryl methyl sites for hydroxylation is 1. The molecule has 0 radical (unpaired) electrons. The van der Waals surface area contributed by atoms with Crippen LogP contribution < -0.4 is 20.9 Å². The highest BCUT2D eigenvalue weighted by Crippen LogP contribution is 2.35. The number of fused-ring (bicyclic) bond motifs is 1. The number of anilines is 1. The van der Waals surface area contributed by atoms with Gasteiger partial charge in [0.25, 0.3) is 5.56 Å². The van der Waals surface area contributed by atoms with Gasteiger partial charge in [-0.25, -0.2) is 13.6 Å². The number of rotatable bonds is 8. The predicted molar refractivity (Wildman–Crippen MR) is 202 cm³/mol. The predicted octanol–water partition coefficient (Wildman–Crippen LogP) is 5.61. The van der Waals surface area contributed by atoms with Gasteiger partial charge in [0, 0.05) is 87.7 Å². The summed E-state index contributed by atoms with van der Waals surface area (Å²) >= 11 is 0. The molecule has 0 aliphatic carbocycles. The number of urea groups is 1. The lowest BCUT2D eigenvalue weighted by Crippen LogP contribution is -2.51. The highest BCUT2D eigenvalue weighted by molar-refractivity contribution is 6.01. The van der Waals surface area contributed by atoms with Crippen LogP contribution in [0.5, 0.6) is 5.75 Å². The lowest BCUT2D eigenvalue weighted by Gasteiger charge is -2.40. The Balaban J connectivity index is 0.920. The zero-order chi connectivity index (χ0) is 38.1. The van der Waals surface area contributed by atoms with Crippen molar-refractivity contribution in [1.29, 1.82) is 0 Å². The van der Waals surface area contributed by atoms with Gasteiger partial charge in [-0.1, -0.05) is 12.1 Å². The number of carbonyl (C=O) groups is 3. The van der Waals surface area contributed by atoms with E-state index in [-0.39, 0.29) is 29.4 Å². The van der Waals surface area contributed by atoms with Crippen LogP contribution in [0.1, 0.15) is 55.6 Å². The van der Waals surface area contributed by atoms with Crippen molar-refractivity contribution in [1.82, 2.24) is 24.6 Å². The highest BCUT2D eigenvalue weighted by Gasteiger charge is 2.32. The molecule has 2 N–H and O–H groups in total. The third kappa shape index (κ3) is 7.68. The van der Waals surface area contributed by atoms with Crippen LogP contribution in [0.3, 0.4) is 0 Å². The van der Waals surface area contributed by atoms with Gasteiger partial charge in [0.2, 0.25) is 11.8 Å². The van der Waals surface area contributed by atoms with E-state index in [1.165, 1.54) is 41.5 Å². The van der Waals surface area contributed by atoms with Crippen LogP contribution in [0.25, 0.3) is 21.9 Å². The first-order valence-corrected chi connectivity index (χ1v) is 18.6. The molecule has 7 rings (SSSR count). The van der Waals surface area contributed by atoms with Gasteiger partial charge in [0.05, 0.1) is 7.11 Å². The molecule has 54 heavy (non-hydrogen) atoms. The van der Waals surface area contributed by atoms with Crippen molar-refractivity contribution in [3.8, 4) is 16.9 Å². The average Bonchev–Trinajstić information content (AvgIpc) is 3.18. The number of halogens is 2. The standard InChI is InChI=1S/C41H46F2N6O5/c1-46-23-33(32-22-28(42)6-9-31(32)40(46)52)27-20-35(43)34(37(21-27)54-3)24-48-16-14-30(15-17-48)47(2)41(53)49-18-12-26(13-19-49)25-4-7-29(8-5-25)44-36-10-11-38(50)45-39(36)51/h4-9,20-23,26,30,36,44H,10-19,24H2,1-3H3,(H,45,50,51). The van der Waals surface area contributed by atoms with Crippen molar-refractivity contribution in [2.75, 3.05) is 45.7 Å². The molecule has 3 aliphatic rings. The second-order valence-corrected chi connectivity index (χ2v) is 14.7. The number of nitrogens with zero attached hydrogens (tertiary/aromatic N) is 4. The number of ether oxygens (including phenoxy) is 1. The summed E-state index contributed by atoms with van der Waals surface area (Å²) in [7, 11) is 4.98. The Labute approximate surface area is 312 Å². The van der Waals surface area contributed by atoms with Crippen molar-refractivity contribution in [3.63, 3.8) is 0 Å². The lowest BCUT2D eigenvalue weighted by molar-refractivity contribution is -0.133. The first-order valence-electron chi connectivity index (χ1n) is 18.6. The minimum absolute atomic E-state index is 0.0322. The molecular weight excluding hydrogens is 694 g/mol. The van der Waals surface area contributed by atoms with E-state index in [0.717, 1.165) is 31.4 Å². The summed E-state index contributed by atoms with van der Waals surface area (Å²) in [4.78, 5) is 55.8. The van der Waals surface area contributed by atoms with Gasteiger partial charge >= 0.3 is 6.03 Å². The maximum atomic E-state index is 15.8. The molecule has 3 aromatic carbocycles. The topological polar surface area (TPSA) is 116 Å². The first-order chi connectivity index (χ1) is 26.0. The third-order valence-electron chi connectivity index (χ3n) is 11.3. The van der Waals surface area contributed by atoms with Crippen molar-refractivity contribution >= 4 is 34.3 Å². The van der Waals surface area contributed by atoms with Crippen LogP contribution in [0.4, 0.5) is 19.3 Å². The van der Waals surface area contributed by atoms with Crippen molar-refractivity contribution in [2.45, 2.75) is 63.1 Å². The number of hydrogen-bond acceptors (Lipinski definition) is 7. The fraction of sp³-hybridized carbons (Fsp3) is 0.415. The van der Waals surface area contributed by atoms with E-state index in [1.54, 1.807) is 19.3 Å². The van der Waals surface area contributed by atoms with Gasteiger partial charge in [0.15, 0.2) is 0 Å². The average molecular weight is 741 g/mol. The van der Waals surface area contributed by atoms with Gasteiger partial charge < -0.3 is 24.4 Å². The maximum Gasteiger partial charge on any atom is 0.319 e. The van der Waals surface area contributed by atoms with Gasteiger partial charge in [-0.2, -0.15) is 0 Å². The maximum absolute atomic E-state index is 15.8. The number of methoxy groups -OCH3 is 1. The highest BCUT2D eigenvalue weighted by atomic mass is 19.1. The zero-order valence-electron chi connectivity index (χ0n) is 30.9. The fourth-order valence-corrected chi connectivity index (χ4v) is 8.13. The van der Waals surface area contributed by atoms with Gasteiger partial charge in [-0.15, -0.1) is 0 Å². The van der Waals surface area contributed by atoms with E-state index in [4.69, 9.17) is 4.74 Å². The number of nitrogens with one attached hydrogen (secondary N) is 2. The van der Waals surface area contributed by atoms with Crippen LogP contribution in [-0.4, -0.2) is 89.5 Å². The molecular formula is C41H46F2N6O5. The Hall–Kier alpha value is -5.30. The summed E-state index contributed by atoms with van der Waals surface area (Å²) in [5, 5.41) is 6.35. The molecule has 4 aromatic rings. The van der Waals surface area contributed by atoms with Crippen molar-refractivity contribution in [2.24, 2.45) is 7.05 Å². The minimum Gasteiger partial charge on any atom is -0.496 e. The fourth-order valence-electron chi connectivity index (χ4n) is 8.13. The molecule has 0 spiro atoms. The molecule has 0 saturated carbocycles. The molecule has 11 nitrogen and oxygen atoms in total. The zero-order valence-corrected chi connectivity index (χ0v) is 30.9. The number of hydrogen-bond donors (Lipinski definition) is 2. The molecule has 0 bridgehead atoms. The normalized spacial score (nSPS) is 18.8. The second kappa shape index (κ2) is 15.6. The first kappa shape index (κ1) is 37.0. The number of imide groups is 1. The number of piperidine rings is 3. The van der Waals surface area contributed by atoms with Crippen LogP contribution in [-0.2, 0) is 23.2 Å². The molecule has 1 aromatic heterocycles. The Morgan fingerprint density at radius 2 is 1.65 bits per heavy atom. The summed E-state index contributed by atoms with van der Waals surface area (Å²) in [6, 6.07) is 14.9. The van der Waals surface area contributed by atoms with Gasteiger partial charge in [0.1, 0.15) is 23.4 Å². The second-order valence-electron chi connectivity index (χ2n) is 14.7. The van der Waals surface area contributed by atoms with E-state index in [9.17, 15) is 23.6 Å². The van der Waals surface area contributed by atoms with E-state index < -0.39 is 17.7 Å². The molecule has 284 valence electrons. The number of amides is 4. The van der Waals surface area contributed by atoms with E-state index in [0.29, 0.717) is 84.7 Å². The molecule has 1 unspecified atom stereocenters.